The van der Waals surface area contributed by atoms with E-state index in [9.17, 15) is 24.0 Å². The summed E-state index contributed by atoms with van der Waals surface area (Å²) in [4.78, 5) is 56.8. The van der Waals surface area contributed by atoms with Gasteiger partial charge in [0.1, 0.15) is 0 Å². The molecule has 0 bridgehead atoms. The van der Waals surface area contributed by atoms with E-state index in [2.05, 4.69) is 34.8 Å². The second-order valence-electron chi connectivity index (χ2n) is 9.05. The van der Waals surface area contributed by atoms with E-state index in [1.54, 1.807) is 40.1 Å². The number of rotatable bonds is 13. The Bertz CT molecular complexity index is 707. The van der Waals surface area contributed by atoms with Crippen molar-refractivity contribution in [1.29, 1.82) is 0 Å². The number of likely N-dealkylation sites (N-methyl/N-ethyl adjacent to an activating group) is 1. The fraction of sp³-hybridized carbons (Fsp3) is 0.781. The van der Waals surface area contributed by atoms with Crippen molar-refractivity contribution in [3.63, 3.8) is 0 Å². The highest BCUT2D eigenvalue weighted by atomic mass is 16.5. The fourth-order valence-corrected chi connectivity index (χ4v) is 2.27. The molecule has 12 nitrogen and oxygen atoms in total. The lowest BCUT2D eigenvalue weighted by molar-refractivity contribution is -0.130. The molecular weight excluding hydrogens is 564 g/mol. The summed E-state index contributed by atoms with van der Waals surface area (Å²) in [5.74, 6) is 0.405. The highest BCUT2D eigenvalue weighted by Gasteiger charge is 2.04. The second-order valence-corrected chi connectivity index (χ2v) is 9.05. The van der Waals surface area contributed by atoms with E-state index >= 15 is 0 Å². The summed E-state index contributed by atoms with van der Waals surface area (Å²) in [6.07, 6.45) is 3.86. The summed E-state index contributed by atoms with van der Waals surface area (Å²) in [7, 11) is 8.89. The quantitative estimate of drug-likeness (QED) is 0.278. The number of hydrogen-bond acceptors (Lipinski definition) is 7. The average Bonchev–Trinajstić information content (AvgIpc) is 3.03. The van der Waals surface area contributed by atoms with Gasteiger partial charge in [0.05, 0.1) is 6.61 Å². The summed E-state index contributed by atoms with van der Waals surface area (Å²) >= 11 is 0. The molecule has 44 heavy (non-hydrogen) atoms. The Labute approximate surface area is 270 Å². The third kappa shape index (κ3) is 48.6. The van der Waals surface area contributed by atoms with Crippen molar-refractivity contribution in [3.05, 3.63) is 12.3 Å². The number of hydrogen-bond donors (Lipinski definition) is 3. The monoisotopic (exact) mass is 635 g/mol. The predicted octanol–water partition coefficient (Wildman–Crippen LogP) is 3.79. The zero-order chi connectivity index (χ0) is 36.1. The van der Waals surface area contributed by atoms with E-state index in [-0.39, 0.29) is 29.5 Å². The first kappa shape index (κ1) is 53.4. The number of amides is 5. The molecule has 0 radical (unpaired) electrons. The Kier molecular flexibility index (Phi) is 51.0. The minimum Gasteiger partial charge on any atom is -0.383 e. The van der Waals surface area contributed by atoms with Crippen LogP contribution in [-0.4, -0.2) is 112 Å². The molecule has 0 aliphatic rings. The van der Waals surface area contributed by atoms with Gasteiger partial charge in [0.2, 0.25) is 29.5 Å². The highest BCUT2D eigenvalue weighted by molar-refractivity contribution is 5.76. The normalized spacial score (nSPS) is 8.59. The number of carbonyl (C=O) groups is 5. The minimum atomic E-state index is -0.245. The molecule has 0 atom stereocenters. The molecule has 12 heteroatoms. The van der Waals surface area contributed by atoms with Crippen LogP contribution in [0.3, 0.4) is 0 Å². The maximum atomic E-state index is 10.9. The summed E-state index contributed by atoms with van der Waals surface area (Å²) in [6.45, 7) is 25.1. The van der Waals surface area contributed by atoms with Gasteiger partial charge < -0.3 is 35.8 Å². The van der Waals surface area contributed by atoms with Gasteiger partial charge in [-0.3, -0.25) is 24.0 Å². The molecule has 5 amide bonds. The minimum absolute atomic E-state index is 0.0926. The Morgan fingerprint density at radius 1 is 0.705 bits per heavy atom. The van der Waals surface area contributed by atoms with Crippen LogP contribution in [0.4, 0.5) is 0 Å². The molecule has 0 fully saturated rings. The standard InChI is InChI=1S/C8H17NO.C7H15NO.2C5H11NO.C4H9NO.C3H7NO/c1-5-8(2)9(3)6-7-10-4;1-4-7(9)8(5-2)6-3;1-4-5(7)6(2)3;1-3-5(7)6-4-2;1-3-4(6)5-2;1-2-3(4)5/h2,5-7H2,1,3-4H3;4-6H2,1-3H3;4H2,1-3H3;3-4H2,1-2H3,(H,6,7);3H2,1-2H3,(H,5,6);2H2,1H3,(H2,4,5). The first-order valence-electron chi connectivity index (χ1n) is 15.7. The predicted molar refractivity (Wildman–Crippen MR) is 184 cm³/mol. The van der Waals surface area contributed by atoms with Crippen LogP contribution in [-0.2, 0) is 28.7 Å². The van der Waals surface area contributed by atoms with Crippen LogP contribution in [0.1, 0.15) is 101 Å². The largest absolute Gasteiger partial charge is 0.383 e. The van der Waals surface area contributed by atoms with Crippen molar-refractivity contribution < 1.29 is 28.7 Å². The van der Waals surface area contributed by atoms with Gasteiger partial charge in [0, 0.05) is 99.3 Å². The van der Waals surface area contributed by atoms with E-state index in [1.165, 1.54) is 0 Å². The molecular formula is C32H70N6O6. The van der Waals surface area contributed by atoms with E-state index in [4.69, 9.17) is 4.74 Å². The third-order valence-electron chi connectivity index (χ3n) is 5.44. The lowest BCUT2D eigenvalue weighted by atomic mass is 10.3. The highest BCUT2D eigenvalue weighted by Crippen LogP contribution is 2.01. The molecule has 0 heterocycles. The number of ether oxygens (including phenoxy) is 1. The van der Waals surface area contributed by atoms with E-state index in [0.717, 1.165) is 44.9 Å². The number of methoxy groups -OCH3 is 1. The van der Waals surface area contributed by atoms with Crippen molar-refractivity contribution in [1.82, 2.24) is 25.3 Å². The van der Waals surface area contributed by atoms with Crippen LogP contribution in [0.15, 0.2) is 12.3 Å². The molecule has 0 aliphatic carbocycles. The van der Waals surface area contributed by atoms with E-state index < -0.39 is 0 Å². The Morgan fingerprint density at radius 2 is 1.14 bits per heavy atom. The molecule has 0 saturated heterocycles. The summed E-state index contributed by atoms with van der Waals surface area (Å²) in [6, 6.07) is 0. The number of primary amides is 1. The molecule has 0 aromatic rings. The molecule has 264 valence electrons. The van der Waals surface area contributed by atoms with Crippen molar-refractivity contribution in [2.24, 2.45) is 5.73 Å². The molecule has 0 unspecified atom stereocenters. The van der Waals surface area contributed by atoms with Crippen LogP contribution >= 0.6 is 0 Å². The van der Waals surface area contributed by atoms with Gasteiger partial charge in [-0.2, -0.15) is 0 Å². The summed E-state index contributed by atoms with van der Waals surface area (Å²) in [5.41, 5.74) is 5.82. The Balaban J connectivity index is -0.0000000999. The zero-order valence-electron chi connectivity index (χ0n) is 30.9. The van der Waals surface area contributed by atoms with Gasteiger partial charge in [-0.05, 0) is 27.2 Å². The van der Waals surface area contributed by atoms with E-state index in [0.29, 0.717) is 32.1 Å². The maximum Gasteiger partial charge on any atom is 0.222 e. The van der Waals surface area contributed by atoms with Crippen LogP contribution in [0, 0.1) is 0 Å². The molecule has 4 N–H and O–H groups in total. The average molecular weight is 635 g/mol. The van der Waals surface area contributed by atoms with Crippen LogP contribution < -0.4 is 16.4 Å². The van der Waals surface area contributed by atoms with Gasteiger partial charge in [0.25, 0.3) is 0 Å². The fourth-order valence-electron chi connectivity index (χ4n) is 2.27. The van der Waals surface area contributed by atoms with E-state index in [1.807, 2.05) is 60.4 Å². The Hall–Kier alpha value is -3.15. The molecule has 0 aliphatic heterocycles. The maximum absolute atomic E-state index is 10.9. The number of nitrogens with zero attached hydrogens (tertiary/aromatic N) is 3. The van der Waals surface area contributed by atoms with Gasteiger partial charge in [-0.25, -0.2) is 0 Å². The van der Waals surface area contributed by atoms with Gasteiger partial charge >= 0.3 is 0 Å². The van der Waals surface area contributed by atoms with Crippen LogP contribution in [0.25, 0.3) is 0 Å². The summed E-state index contributed by atoms with van der Waals surface area (Å²) < 4.78 is 4.92. The number of allylic oxidation sites excluding steroid dienone is 1. The second kappa shape index (κ2) is 42.0. The van der Waals surface area contributed by atoms with Crippen molar-refractivity contribution in [3.8, 4) is 0 Å². The van der Waals surface area contributed by atoms with Gasteiger partial charge in [-0.1, -0.05) is 48.1 Å². The van der Waals surface area contributed by atoms with Crippen molar-refractivity contribution in [2.45, 2.75) is 101 Å². The first-order chi connectivity index (χ1) is 20.5. The zero-order valence-corrected chi connectivity index (χ0v) is 30.9. The molecule has 0 aromatic carbocycles. The topological polar surface area (TPSA) is 154 Å². The number of nitrogens with two attached hydrogens (primary N) is 1. The summed E-state index contributed by atoms with van der Waals surface area (Å²) in [5, 5.41) is 5.13. The van der Waals surface area contributed by atoms with Gasteiger partial charge in [0.15, 0.2) is 0 Å². The third-order valence-corrected chi connectivity index (χ3v) is 5.44. The van der Waals surface area contributed by atoms with Crippen LogP contribution in [0.5, 0.6) is 0 Å². The van der Waals surface area contributed by atoms with Gasteiger partial charge in [-0.15, -0.1) is 0 Å². The van der Waals surface area contributed by atoms with Crippen molar-refractivity contribution >= 4 is 29.5 Å². The number of nitrogens with one attached hydrogen (secondary N) is 2. The smallest absolute Gasteiger partial charge is 0.222 e. The molecule has 0 saturated carbocycles. The molecule has 0 spiro atoms. The lowest BCUT2D eigenvalue weighted by Gasteiger charge is -2.19. The molecule has 0 aromatic heterocycles. The Morgan fingerprint density at radius 3 is 1.27 bits per heavy atom. The lowest BCUT2D eigenvalue weighted by Crippen LogP contribution is -2.29. The number of carbonyl (C=O) groups excluding carboxylic acids is 5. The SMILES string of the molecule is C=C(CC)N(C)CCOC.CCC(=O)N(C)C.CCC(=O)N(CC)CC.CCC(=O)NC.CCC(N)=O.CCNC(=O)CC. The van der Waals surface area contributed by atoms with Crippen LogP contribution in [0.2, 0.25) is 0 Å². The molecule has 0 rings (SSSR count). The van der Waals surface area contributed by atoms with Crippen molar-refractivity contribution in [2.75, 3.05) is 68.1 Å². The first-order valence-corrected chi connectivity index (χ1v) is 15.7.